The van der Waals surface area contributed by atoms with Crippen LogP contribution in [0, 0.1) is 6.92 Å². The van der Waals surface area contributed by atoms with Gasteiger partial charge in [0.25, 0.3) is 0 Å². The average Bonchev–Trinajstić information content (AvgIpc) is 2.89. The molecule has 0 bridgehead atoms. The molecule has 1 aromatic rings. The van der Waals surface area contributed by atoms with Crippen LogP contribution < -0.4 is 5.32 Å². The topological polar surface area (TPSA) is 12.0 Å². The summed E-state index contributed by atoms with van der Waals surface area (Å²) in [6.45, 7) is 3.43. The second-order valence-electron chi connectivity index (χ2n) is 5.47. The lowest BCUT2D eigenvalue weighted by Crippen LogP contribution is -2.23. The fourth-order valence-corrected chi connectivity index (χ4v) is 3.38. The van der Waals surface area contributed by atoms with E-state index >= 15 is 0 Å². The van der Waals surface area contributed by atoms with Crippen molar-refractivity contribution in [3.8, 4) is 0 Å². The zero-order valence-electron chi connectivity index (χ0n) is 10.1. The summed E-state index contributed by atoms with van der Waals surface area (Å²) in [7, 11) is 0. The second-order valence-corrected chi connectivity index (χ2v) is 5.47. The van der Waals surface area contributed by atoms with Crippen LogP contribution in [-0.2, 0) is 6.42 Å². The number of fused-ring (bicyclic) bond motifs is 1. The molecule has 2 atom stereocenters. The molecule has 0 saturated carbocycles. The highest BCUT2D eigenvalue weighted by Crippen LogP contribution is 2.37. The molecule has 0 amide bonds. The molecule has 16 heavy (non-hydrogen) atoms. The summed E-state index contributed by atoms with van der Waals surface area (Å²) in [6.07, 6.45) is 6.79. The number of nitrogens with one attached hydrogen (secondary N) is 1. The predicted octanol–water partition coefficient (Wildman–Crippen LogP) is 3.17. The molecule has 0 aromatic heterocycles. The van der Waals surface area contributed by atoms with Gasteiger partial charge in [0.15, 0.2) is 0 Å². The van der Waals surface area contributed by atoms with Crippen molar-refractivity contribution in [2.24, 2.45) is 0 Å². The first kappa shape index (κ1) is 10.3. The minimum absolute atomic E-state index is 0.789. The van der Waals surface area contributed by atoms with Crippen LogP contribution in [0.2, 0.25) is 0 Å². The van der Waals surface area contributed by atoms with Gasteiger partial charge in [-0.25, -0.2) is 0 Å². The molecule has 1 aliphatic heterocycles. The molecule has 0 radical (unpaired) electrons. The zero-order chi connectivity index (χ0) is 11.0. The molecular weight excluding hydrogens is 194 g/mol. The van der Waals surface area contributed by atoms with Crippen LogP contribution >= 0.6 is 0 Å². The first-order valence-electron chi connectivity index (χ1n) is 6.66. The largest absolute Gasteiger partial charge is 0.314 e. The Morgan fingerprint density at radius 1 is 1.31 bits per heavy atom. The van der Waals surface area contributed by atoms with E-state index in [1.807, 2.05) is 0 Å². The molecule has 1 heterocycles. The quantitative estimate of drug-likeness (QED) is 0.799. The lowest BCUT2D eigenvalue weighted by Gasteiger charge is -2.17. The van der Waals surface area contributed by atoms with E-state index in [0.717, 1.165) is 12.0 Å². The van der Waals surface area contributed by atoms with Gasteiger partial charge in [-0.3, -0.25) is 0 Å². The van der Waals surface area contributed by atoms with Gasteiger partial charge in [-0.2, -0.15) is 0 Å². The molecule has 1 aliphatic carbocycles. The van der Waals surface area contributed by atoms with Gasteiger partial charge in [-0.05, 0) is 62.6 Å². The fraction of sp³-hybridized carbons (Fsp3) is 0.600. The Kier molecular flexibility index (Phi) is 2.72. The fourth-order valence-electron chi connectivity index (χ4n) is 3.38. The van der Waals surface area contributed by atoms with Crippen LogP contribution in [0.1, 0.15) is 48.3 Å². The normalized spacial score (nSPS) is 28.3. The number of aryl methyl sites for hydroxylation is 2. The first-order valence-corrected chi connectivity index (χ1v) is 6.66. The van der Waals surface area contributed by atoms with Crippen LogP contribution in [0.25, 0.3) is 0 Å². The molecular formula is C15H21N. The van der Waals surface area contributed by atoms with Crippen molar-refractivity contribution in [2.75, 3.05) is 6.54 Å². The third kappa shape index (κ3) is 1.89. The van der Waals surface area contributed by atoms with Gasteiger partial charge < -0.3 is 5.32 Å². The van der Waals surface area contributed by atoms with Crippen LogP contribution in [0.5, 0.6) is 0 Å². The highest BCUT2D eigenvalue weighted by molar-refractivity contribution is 5.38. The van der Waals surface area contributed by atoms with E-state index in [4.69, 9.17) is 0 Å². The minimum atomic E-state index is 0.789. The Balaban J connectivity index is 1.75. The number of hydrogen-bond donors (Lipinski definition) is 1. The van der Waals surface area contributed by atoms with Crippen molar-refractivity contribution in [1.82, 2.24) is 5.32 Å². The van der Waals surface area contributed by atoms with Gasteiger partial charge in [0.1, 0.15) is 0 Å². The lowest BCUT2D eigenvalue weighted by molar-refractivity contribution is 0.488. The first-order chi connectivity index (χ1) is 7.83. The summed E-state index contributed by atoms with van der Waals surface area (Å²) in [5, 5.41) is 3.63. The highest BCUT2D eigenvalue weighted by Gasteiger charge is 2.26. The van der Waals surface area contributed by atoms with Gasteiger partial charge >= 0.3 is 0 Å². The van der Waals surface area contributed by atoms with Gasteiger partial charge in [0.2, 0.25) is 0 Å². The molecule has 1 heteroatoms. The monoisotopic (exact) mass is 215 g/mol. The average molecular weight is 215 g/mol. The summed E-state index contributed by atoms with van der Waals surface area (Å²) in [5.41, 5.74) is 4.67. The Bertz CT molecular complexity index is 377. The van der Waals surface area contributed by atoms with Gasteiger partial charge in [-0.1, -0.05) is 23.8 Å². The van der Waals surface area contributed by atoms with Crippen molar-refractivity contribution < 1.29 is 0 Å². The van der Waals surface area contributed by atoms with E-state index in [1.165, 1.54) is 44.2 Å². The summed E-state index contributed by atoms with van der Waals surface area (Å²) in [5.74, 6) is 0.825. The van der Waals surface area contributed by atoms with Crippen molar-refractivity contribution >= 4 is 0 Å². The number of rotatable bonds is 2. The van der Waals surface area contributed by atoms with E-state index in [0.29, 0.717) is 0 Å². The highest BCUT2D eigenvalue weighted by atomic mass is 14.9. The maximum atomic E-state index is 3.63. The van der Waals surface area contributed by atoms with Crippen molar-refractivity contribution in [3.05, 3.63) is 34.9 Å². The van der Waals surface area contributed by atoms with Crippen LogP contribution in [0.15, 0.2) is 18.2 Å². The Hall–Kier alpha value is -0.820. The maximum Gasteiger partial charge on any atom is 0.00733 e. The molecule has 86 valence electrons. The molecule has 1 aromatic carbocycles. The maximum absolute atomic E-state index is 3.63. The molecule has 2 unspecified atom stereocenters. The molecule has 0 spiro atoms. The third-order valence-corrected chi connectivity index (χ3v) is 4.23. The minimum Gasteiger partial charge on any atom is -0.314 e. The number of hydrogen-bond acceptors (Lipinski definition) is 1. The summed E-state index contributed by atoms with van der Waals surface area (Å²) < 4.78 is 0. The van der Waals surface area contributed by atoms with Crippen LogP contribution in [0.3, 0.4) is 0 Å². The van der Waals surface area contributed by atoms with Crippen molar-refractivity contribution in [1.29, 1.82) is 0 Å². The van der Waals surface area contributed by atoms with E-state index in [1.54, 1.807) is 11.1 Å². The second kappa shape index (κ2) is 4.21. The van der Waals surface area contributed by atoms with Crippen molar-refractivity contribution in [3.63, 3.8) is 0 Å². The third-order valence-electron chi connectivity index (χ3n) is 4.23. The zero-order valence-corrected chi connectivity index (χ0v) is 10.1. The molecule has 2 aliphatic rings. The standard InChI is InChI=1S/C15H21N/c1-11-4-7-15-12(9-11)5-6-13(15)10-14-3-2-8-16-14/h4,7,9,13-14,16H,2-3,5-6,8,10H2,1H3. The van der Waals surface area contributed by atoms with E-state index in [9.17, 15) is 0 Å². The molecule has 1 nitrogen and oxygen atoms in total. The molecule has 3 rings (SSSR count). The van der Waals surface area contributed by atoms with E-state index < -0.39 is 0 Å². The number of benzene rings is 1. The summed E-state index contributed by atoms with van der Waals surface area (Å²) in [6, 6.07) is 7.82. The SMILES string of the molecule is Cc1ccc2c(c1)CCC2CC1CCCN1. The summed E-state index contributed by atoms with van der Waals surface area (Å²) in [4.78, 5) is 0. The molecule has 1 saturated heterocycles. The van der Waals surface area contributed by atoms with Gasteiger partial charge in [0, 0.05) is 6.04 Å². The lowest BCUT2D eigenvalue weighted by atomic mass is 9.93. The molecule has 1 N–H and O–H groups in total. The van der Waals surface area contributed by atoms with E-state index in [2.05, 4.69) is 30.4 Å². The van der Waals surface area contributed by atoms with Crippen molar-refractivity contribution in [2.45, 2.75) is 51.0 Å². The van der Waals surface area contributed by atoms with Gasteiger partial charge in [0.05, 0.1) is 0 Å². The van der Waals surface area contributed by atoms with Crippen LogP contribution in [0.4, 0.5) is 0 Å². The van der Waals surface area contributed by atoms with Gasteiger partial charge in [-0.15, -0.1) is 0 Å². The molecule has 1 fully saturated rings. The van der Waals surface area contributed by atoms with E-state index in [-0.39, 0.29) is 0 Å². The predicted molar refractivity (Wildman–Crippen MR) is 67.9 cm³/mol. The summed E-state index contributed by atoms with van der Waals surface area (Å²) >= 11 is 0. The Morgan fingerprint density at radius 2 is 2.25 bits per heavy atom. The smallest absolute Gasteiger partial charge is 0.00733 e. The Morgan fingerprint density at radius 3 is 3.06 bits per heavy atom. The Labute approximate surface area is 98.3 Å². The van der Waals surface area contributed by atoms with Crippen LogP contribution in [-0.4, -0.2) is 12.6 Å².